The lowest BCUT2D eigenvalue weighted by atomic mass is 10.0. The van der Waals surface area contributed by atoms with Crippen LogP contribution in [0.1, 0.15) is 22.9 Å². The SMILES string of the molecule is NC(CCc1cccs1)c1cc(F)ccc1Br. The van der Waals surface area contributed by atoms with Crippen molar-refractivity contribution in [1.82, 2.24) is 0 Å². The summed E-state index contributed by atoms with van der Waals surface area (Å²) in [5.74, 6) is -0.241. The molecule has 0 spiro atoms. The summed E-state index contributed by atoms with van der Waals surface area (Å²) in [5, 5.41) is 2.05. The van der Waals surface area contributed by atoms with Crippen LogP contribution in [0.15, 0.2) is 40.2 Å². The zero-order valence-corrected chi connectivity index (χ0v) is 11.6. The van der Waals surface area contributed by atoms with Crippen LogP contribution < -0.4 is 5.73 Å². The predicted molar refractivity (Wildman–Crippen MR) is 73.7 cm³/mol. The highest BCUT2D eigenvalue weighted by Gasteiger charge is 2.11. The van der Waals surface area contributed by atoms with Gasteiger partial charge in [0.05, 0.1) is 0 Å². The van der Waals surface area contributed by atoms with Crippen molar-refractivity contribution in [3.05, 3.63) is 56.4 Å². The van der Waals surface area contributed by atoms with Gasteiger partial charge in [-0.25, -0.2) is 4.39 Å². The quantitative estimate of drug-likeness (QED) is 0.895. The lowest BCUT2D eigenvalue weighted by molar-refractivity contribution is 0.608. The molecule has 2 aromatic rings. The Labute approximate surface area is 113 Å². The summed E-state index contributed by atoms with van der Waals surface area (Å²) in [6.07, 6.45) is 1.75. The summed E-state index contributed by atoms with van der Waals surface area (Å²) < 4.78 is 14.0. The smallest absolute Gasteiger partial charge is 0.123 e. The third kappa shape index (κ3) is 3.37. The van der Waals surface area contributed by atoms with E-state index in [1.807, 2.05) is 6.07 Å². The number of thiophene rings is 1. The molecule has 0 amide bonds. The van der Waals surface area contributed by atoms with Gasteiger partial charge in [-0.15, -0.1) is 11.3 Å². The fourth-order valence-electron chi connectivity index (χ4n) is 1.71. The molecule has 0 fully saturated rings. The molecule has 0 aliphatic carbocycles. The van der Waals surface area contributed by atoms with Crippen LogP contribution in [0, 0.1) is 5.82 Å². The van der Waals surface area contributed by atoms with Crippen LogP contribution in [-0.4, -0.2) is 0 Å². The number of nitrogens with two attached hydrogens (primary N) is 1. The molecule has 0 aliphatic rings. The average Bonchev–Trinajstić information content (AvgIpc) is 2.82. The van der Waals surface area contributed by atoms with Gasteiger partial charge in [0.2, 0.25) is 0 Å². The van der Waals surface area contributed by atoms with Crippen LogP contribution in [0.25, 0.3) is 0 Å². The molecule has 1 aromatic carbocycles. The van der Waals surface area contributed by atoms with Crippen LogP contribution >= 0.6 is 27.3 Å². The summed E-state index contributed by atoms with van der Waals surface area (Å²) in [7, 11) is 0. The molecule has 0 saturated carbocycles. The van der Waals surface area contributed by atoms with Crippen molar-refractivity contribution in [3.63, 3.8) is 0 Å². The van der Waals surface area contributed by atoms with Crippen molar-refractivity contribution in [2.45, 2.75) is 18.9 Å². The molecule has 0 bridgehead atoms. The summed E-state index contributed by atoms with van der Waals surface area (Å²) >= 11 is 5.13. The van der Waals surface area contributed by atoms with Gasteiger partial charge in [-0.05, 0) is 48.1 Å². The van der Waals surface area contributed by atoms with E-state index in [-0.39, 0.29) is 11.9 Å². The van der Waals surface area contributed by atoms with E-state index >= 15 is 0 Å². The van der Waals surface area contributed by atoms with Crippen molar-refractivity contribution in [2.75, 3.05) is 0 Å². The van der Waals surface area contributed by atoms with Gasteiger partial charge >= 0.3 is 0 Å². The number of hydrogen-bond acceptors (Lipinski definition) is 2. The molecule has 0 radical (unpaired) electrons. The molecule has 1 atom stereocenters. The largest absolute Gasteiger partial charge is 0.324 e. The first-order valence-corrected chi connectivity index (χ1v) is 7.07. The topological polar surface area (TPSA) is 26.0 Å². The highest BCUT2D eigenvalue weighted by molar-refractivity contribution is 9.10. The van der Waals surface area contributed by atoms with Gasteiger partial charge in [-0.3, -0.25) is 0 Å². The Hall–Kier alpha value is -0.710. The van der Waals surface area contributed by atoms with E-state index in [1.165, 1.54) is 17.0 Å². The van der Waals surface area contributed by atoms with Gasteiger partial charge in [-0.1, -0.05) is 22.0 Å². The molecule has 1 unspecified atom stereocenters. The Morgan fingerprint density at radius 1 is 1.35 bits per heavy atom. The van der Waals surface area contributed by atoms with E-state index in [0.29, 0.717) is 0 Å². The molecule has 17 heavy (non-hydrogen) atoms. The molecule has 90 valence electrons. The first kappa shape index (κ1) is 12.7. The van der Waals surface area contributed by atoms with Crippen LogP contribution in [0.2, 0.25) is 0 Å². The minimum atomic E-state index is -0.241. The molecule has 4 heteroatoms. The number of aryl methyl sites for hydroxylation is 1. The van der Waals surface area contributed by atoms with Gasteiger partial charge in [-0.2, -0.15) is 0 Å². The summed E-state index contributed by atoms with van der Waals surface area (Å²) in [5.41, 5.74) is 6.92. The molecular formula is C13H13BrFNS. The van der Waals surface area contributed by atoms with Crippen molar-refractivity contribution in [3.8, 4) is 0 Å². The Kier molecular flexibility index (Phi) is 4.31. The average molecular weight is 314 g/mol. The monoisotopic (exact) mass is 313 g/mol. The minimum Gasteiger partial charge on any atom is -0.324 e. The Bertz CT molecular complexity index is 484. The van der Waals surface area contributed by atoms with Crippen molar-refractivity contribution >= 4 is 27.3 Å². The molecular weight excluding hydrogens is 301 g/mol. The molecule has 0 saturated heterocycles. The second-order valence-electron chi connectivity index (χ2n) is 3.89. The van der Waals surface area contributed by atoms with Crippen LogP contribution in [0.3, 0.4) is 0 Å². The number of rotatable bonds is 4. The van der Waals surface area contributed by atoms with E-state index in [0.717, 1.165) is 22.9 Å². The van der Waals surface area contributed by atoms with Gasteiger partial charge in [0.15, 0.2) is 0 Å². The van der Waals surface area contributed by atoms with Gasteiger partial charge in [0, 0.05) is 15.4 Å². The van der Waals surface area contributed by atoms with E-state index in [4.69, 9.17) is 5.73 Å². The predicted octanol–water partition coefficient (Wildman–Crippen LogP) is 4.28. The summed E-state index contributed by atoms with van der Waals surface area (Å²) in [4.78, 5) is 1.31. The van der Waals surface area contributed by atoms with Crippen LogP contribution in [0.4, 0.5) is 4.39 Å². The second kappa shape index (κ2) is 5.76. The highest BCUT2D eigenvalue weighted by atomic mass is 79.9. The maximum absolute atomic E-state index is 13.1. The lowest BCUT2D eigenvalue weighted by Crippen LogP contribution is -2.12. The first-order chi connectivity index (χ1) is 8.16. The normalized spacial score (nSPS) is 12.6. The highest BCUT2D eigenvalue weighted by Crippen LogP contribution is 2.26. The maximum Gasteiger partial charge on any atom is 0.123 e. The lowest BCUT2D eigenvalue weighted by Gasteiger charge is -2.13. The zero-order chi connectivity index (χ0) is 12.3. The van der Waals surface area contributed by atoms with Crippen molar-refractivity contribution in [2.24, 2.45) is 5.73 Å². The molecule has 2 N–H and O–H groups in total. The van der Waals surface area contributed by atoms with E-state index < -0.39 is 0 Å². The molecule has 1 heterocycles. The van der Waals surface area contributed by atoms with E-state index in [2.05, 4.69) is 27.4 Å². The Morgan fingerprint density at radius 2 is 2.18 bits per heavy atom. The van der Waals surface area contributed by atoms with Crippen LogP contribution in [0.5, 0.6) is 0 Å². The van der Waals surface area contributed by atoms with Gasteiger partial charge < -0.3 is 5.73 Å². The van der Waals surface area contributed by atoms with Crippen molar-refractivity contribution in [1.29, 1.82) is 0 Å². The summed E-state index contributed by atoms with van der Waals surface area (Å²) in [6.45, 7) is 0. The van der Waals surface area contributed by atoms with Gasteiger partial charge in [0.1, 0.15) is 5.82 Å². The zero-order valence-electron chi connectivity index (χ0n) is 9.20. The summed E-state index contributed by atoms with van der Waals surface area (Å²) in [6, 6.07) is 8.63. The number of benzene rings is 1. The number of hydrogen-bond donors (Lipinski definition) is 1. The maximum atomic E-state index is 13.1. The molecule has 1 aromatic heterocycles. The third-order valence-electron chi connectivity index (χ3n) is 2.64. The molecule has 1 nitrogen and oxygen atoms in total. The molecule has 0 aliphatic heterocycles. The fraction of sp³-hybridized carbons (Fsp3) is 0.231. The second-order valence-corrected chi connectivity index (χ2v) is 5.78. The Morgan fingerprint density at radius 3 is 2.88 bits per heavy atom. The first-order valence-electron chi connectivity index (χ1n) is 5.39. The molecule has 2 rings (SSSR count). The van der Waals surface area contributed by atoms with Crippen LogP contribution in [-0.2, 0) is 6.42 Å². The fourth-order valence-corrected chi connectivity index (χ4v) is 2.97. The van der Waals surface area contributed by atoms with Crippen molar-refractivity contribution < 1.29 is 4.39 Å². The minimum absolute atomic E-state index is 0.137. The third-order valence-corrected chi connectivity index (χ3v) is 4.30. The van der Waals surface area contributed by atoms with Gasteiger partial charge in [0.25, 0.3) is 0 Å². The standard InChI is InChI=1S/C13H13BrFNS/c14-12-5-3-9(15)8-11(12)13(16)6-4-10-2-1-7-17-10/h1-3,5,7-8,13H,4,6,16H2. The van der Waals surface area contributed by atoms with E-state index in [1.54, 1.807) is 17.4 Å². The number of halogens is 2. The Balaban J connectivity index is 2.04. The van der Waals surface area contributed by atoms with E-state index in [9.17, 15) is 4.39 Å².